The molecule has 2 atom stereocenters. The van der Waals surface area contributed by atoms with Crippen LogP contribution in [-0.4, -0.2) is 34.7 Å². The van der Waals surface area contributed by atoms with E-state index < -0.39 is 6.10 Å². The van der Waals surface area contributed by atoms with E-state index in [0.717, 1.165) is 5.56 Å². The highest BCUT2D eigenvalue weighted by Gasteiger charge is 2.20. The standard InChI is InChI=1S/C16H26N2O2/c1-11(2)18(10-13(4)19)16(20)17-14(5)15-8-6-12(3)7-9-15/h6-9,11,13-14,19H,10H2,1-5H3,(H,17,20). The number of aliphatic hydroxyl groups excluding tert-OH is 1. The van der Waals surface area contributed by atoms with Crippen molar-refractivity contribution in [2.24, 2.45) is 0 Å². The van der Waals surface area contributed by atoms with Crippen molar-refractivity contribution in [3.8, 4) is 0 Å². The van der Waals surface area contributed by atoms with Gasteiger partial charge >= 0.3 is 6.03 Å². The predicted molar refractivity (Wildman–Crippen MR) is 81.6 cm³/mol. The first-order chi connectivity index (χ1) is 9.31. The van der Waals surface area contributed by atoms with Gasteiger partial charge in [-0.3, -0.25) is 0 Å². The van der Waals surface area contributed by atoms with E-state index in [9.17, 15) is 9.90 Å². The van der Waals surface area contributed by atoms with Crippen molar-refractivity contribution in [3.05, 3.63) is 35.4 Å². The lowest BCUT2D eigenvalue weighted by molar-refractivity contribution is 0.117. The van der Waals surface area contributed by atoms with Crippen LogP contribution >= 0.6 is 0 Å². The molecule has 0 radical (unpaired) electrons. The zero-order valence-corrected chi connectivity index (χ0v) is 13.1. The number of aliphatic hydroxyl groups is 1. The first-order valence-electron chi connectivity index (χ1n) is 7.13. The molecule has 0 aliphatic rings. The summed E-state index contributed by atoms with van der Waals surface area (Å²) in [5, 5.41) is 12.5. The summed E-state index contributed by atoms with van der Waals surface area (Å²) in [7, 11) is 0. The molecule has 112 valence electrons. The van der Waals surface area contributed by atoms with Crippen molar-refractivity contribution in [1.82, 2.24) is 10.2 Å². The van der Waals surface area contributed by atoms with Crippen LogP contribution in [0, 0.1) is 6.92 Å². The van der Waals surface area contributed by atoms with Gasteiger partial charge in [0.1, 0.15) is 0 Å². The molecule has 0 fully saturated rings. The van der Waals surface area contributed by atoms with Crippen molar-refractivity contribution < 1.29 is 9.90 Å². The second-order valence-corrected chi connectivity index (χ2v) is 5.68. The summed E-state index contributed by atoms with van der Waals surface area (Å²) in [4.78, 5) is 13.9. The second-order valence-electron chi connectivity index (χ2n) is 5.68. The number of benzene rings is 1. The van der Waals surface area contributed by atoms with Gasteiger partial charge < -0.3 is 15.3 Å². The normalized spacial score (nSPS) is 13.9. The topological polar surface area (TPSA) is 52.6 Å². The molecule has 4 nitrogen and oxygen atoms in total. The molecule has 4 heteroatoms. The minimum atomic E-state index is -0.530. The highest BCUT2D eigenvalue weighted by molar-refractivity contribution is 5.75. The Balaban J connectivity index is 2.69. The molecule has 0 spiro atoms. The van der Waals surface area contributed by atoms with Gasteiger partial charge in [-0.15, -0.1) is 0 Å². The molecule has 2 amide bonds. The fourth-order valence-electron chi connectivity index (χ4n) is 2.02. The van der Waals surface area contributed by atoms with Gasteiger partial charge in [-0.05, 0) is 40.2 Å². The van der Waals surface area contributed by atoms with Crippen LogP contribution in [0.25, 0.3) is 0 Å². The molecule has 2 unspecified atom stereocenters. The molecule has 20 heavy (non-hydrogen) atoms. The number of hydrogen-bond acceptors (Lipinski definition) is 2. The molecular formula is C16H26N2O2. The SMILES string of the molecule is Cc1ccc(C(C)NC(=O)N(CC(C)O)C(C)C)cc1. The van der Waals surface area contributed by atoms with E-state index in [2.05, 4.69) is 5.32 Å². The summed E-state index contributed by atoms with van der Waals surface area (Å²) in [5.74, 6) is 0. The molecule has 0 bridgehead atoms. The Morgan fingerprint density at radius 2 is 1.75 bits per heavy atom. The maximum atomic E-state index is 12.3. The molecule has 0 aliphatic heterocycles. The van der Waals surface area contributed by atoms with Gasteiger partial charge in [0.15, 0.2) is 0 Å². The Morgan fingerprint density at radius 1 is 1.20 bits per heavy atom. The highest BCUT2D eigenvalue weighted by Crippen LogP contribution is 2.14. The zero-order valence-electron chi connectivity index (χ0n) is 13.1. The number of urea groups is 1. The average Bonchev–Trinajstić information content (AvgIpc) is 2.35. The summed E-state index contributed by atoms with van der Waals surface area (Å²) in [6.07, 6.45) is -0.530. The molecule has 1 aromatic carbocycles. The number of nitrogens with zero attached hydrogens (tertiary/aromatic N) is 1. The zero-order chi connectivity index (χ0) is 15.3. The van der Waals surface area contributed by atoms with E-state index in [4.69, 9.17) is 0 Å². The second kappa shape index (κ2) is 7.29. The number of nitrogens with one attached hydrogen (secondary N) is 1. The molecule has 0 heterocycles. The van der Waals surface area contributed by atoms with Crippen molar-refractivity contribution in [3.63, 3.8) is 0 Å². The Labute approximate surface area is 121 Å². The van der Waals surface area contributed by atoms with Gasteiger partial charge in [-0.2, -0.15) is 0 Å². The lowest BCUT2D eigenvalue weighted by Gasteiger charge is -2.29. The van der Waals surface area contributed by atoms with Crippen LogP contribution in [0.2, 0.25) is 0 Å². The number of hydrogen-bond donors (Lipinski definition) is 2. The molecular weight excluding hydrogens is 252 g/mol. The highest BCUT2D eigenvalue weighted by atomic mass is 16.3. The van der Waals surface area contributed by atoms with E-state index in [1.54, 1.807) is 11.8 Å². The minimum Gasteiger partial charge on any atom is -0.392 e. The molecule has 0 saturated heterocycles. The minimum absolute atomic E-state index is 0.0508. The Bertz CT molecular complexity index is 427. The predicted octanol–water partition coefficient (Wildman–Crippen LogP) is 2.86. The number of amides is 2. The van der Waals surface area contributed by atoms with E-state index in [1.807, 2.05) is 52.0 Å². The monoisotopic (exact) mass is 278 g/mol. The largest absolute Gasteiger partial charge is 0.392 e. The third-order valence-electron chi connectivity index (χ3n) is 3.26. The molecule has 0 saturated carbocycles. The third kappa shape index (κ3) is 4.85. The summed E-state index contributed by atoms with van der Waals surface area (Å²) >= 11 is 0. The van der Waals surface area contributed by atoms with Crippen LogP contribution in [-0.2, 0) is 0 Å². The van der Waals surface area contributed by atoms with Gasteiger partial charge in [0.05, 0.1) is 12.1 Å². The van der Waals surface area contributed by atoms with Crippen molar-refractivity contribution >= 4 is 6.03 Å². The summed E-state index contributed by atoms with van der Waals surface area (Å²) in [6.45, 7) is 9.91. The molecule has 1 rings (SSSR count). The summed E-state index contributed by atoms with van der Waals surface area (Å²) < 4.78 is 0. The lowest BCUT2D eigenvalue weighted by Crippen LogP contribution is -2.47. The first kappa shape index (κ1) is 16.5. The van der Waals surface area contributed by atoms with Gasteiger partial charge in [-0.25, -0.2) is 4.79 Å². The van der Waals surface area contributed by atoms with Crippen molar-refractivity contribution in [2.45, 2.75) is 52.8 Å². The summed E-state index contributed by atoms with van der Waals surface area (Å²) in [6, 6.07) is 7.97. The van der Waals surface area contributed by atoms with Gasteiger partial charge in [0.25, 0.3) is 0 Å². The fraction of sp³-hybridized carbons (Fsp3) is 0.562. The van der Waals surface area contributed by atoms with Gasteiger partial charge in [0, 0.05) is 12.6 Å². The van der Waals surface area contributed by atoms with E-state index in [1.165, 1.54) is 5.56 Å². The number of carbonyl (C=O) groups is 1. The van der Waals surface area contributed by atoms with Crippen LogP contribution < -0.4 is 5.32 Å². The van der Waals surface area contributed by atoms with Crippen molar-refractivity contribution in [1.29, 1.82) is 0 Å². The van der Waals surface area contributed by atoms with Crippen LogP contribution in [0.1, 0.15) is 44.9 Å². The van der Waals surface area contributed by atoms with Crippen molar-refractivity contribution in [2.75, 3.05) is 6.54 Å². The quantitative estimate of drug-likeness (QED) is 0.870. The van der Waals surface area contributed by atoms with Crippen LogP contribution in [0.4, 0.5) is 4.79 Å². The fourth-order valence-corrected chi connectivity index (χ4v) is 2.02. The van der Waals surface area contributed by atoms with E-state index >= 15 is 0 Å². The average molecular weight is 278 g/mol. The van der Waals surface area contributed by atoms with Gasteiger partial charge in [-0.1, -0.05) is 29.8 Å². The van der Waals surface area contributed by atoms with E-state index in [-0.39, 0.29) is 18.1 Å². The number of rotatable bonds is 5. The van der Waals surface area contributed by atoms with E-state index in [0.29, 0.717) is 6.54 Å². The number of aryl methyl sites for hydroxylation is 1. The molecule has 2 N–H and O–H groups in total. The third-order valence-corrected chi connectivity index (χ3v) is 3.26. The number of carbonyl (C=O) groups excluding carboxylic acids is 1. The lowest BCUT2D eigenvalue weighted by atomic mass is 10.1. The van der Waals surface area contributed by atoms with Crippen LogP contribution in [0.15, 0.2) is 24.3 Å². The maximum absolute atomic E-state index is 12.3. The summed E-state index contributed by atoms with van der Waals surface area (Å²) in [5.41, 5.74) is 2.27. The molecule has 1 aromatic rings. The molecule has 0 aliphatic carbocycles. The Hall–Kier alpha value is -1.55. The van der Waals surface area contributed by atoms with Gasteiger partial charge in [0.2, 0.25) is 0 Å². The van der Waals surface area contributed by atoms with Crippen LogP contribution in [0.5, 0.6) is 0 Å². The smallest absolute Gasteiger partial charge is 0.318 e. The molecule has 0 aromatic heterocycles. The Kier molecular flexibility index (Phi) is 6.02. The van der Waals surface area contributed by atoms with Crippen LogP contribution in [0.3, 0.4) is 0 Å². The maximum Gasteiger partial charge on any atom is 0.318 e. The Morgan fingerprint density at radius 3 is 2.20 bits per heavy atom. The first-order valence-corrected chi connectivity index (χ1v) is 7.13.